The van der Waals surface area contributed by atoms with Crippen LogP contribution < -0.4 is 26.0 Å². The molecule has 0 radical (unpaired) electrons. The van der Waals surface area contributed by atoms with Gasteiger partial charge in [-0.25, -0.2) is 4.98 Å². The molecule has 244 valence electrons. The average Bonchev–Trinajstić information content (AvgIpc) is 3.53. The van der Waals surface area contributed by atoms with Gasteiger partial charge in [-0.2, -0.15) is 13.2 Å². The van der Waals surface area contributed by atoms with Crippen molar-refractivity contribution in [2.24, 2.45) is 0 Å². The number of pyridine rings is 1. The zero-order valence-corrected chi connectivity index (χ0v) is 25.6. The van der Waals surface area contributed by atoms with Crippen LogP contribution in [0.4, 0.5) is 35.9 Å². The van der Waals surface area contributed by atoms with Gasteiger partial charge in [-0.3, -0.25) is 9.69 Å². The lowest BCUT2D eigenvalue weighted by Gasteiger charge is -2.26. The van der Waals surface area contributed by atoms with Gasteiger partial charge in [0, 0.05) is 67.1 Å². The maximum Gasteiger partial charge on any atom is 0.416 e. The molecule has 2 aromatic heterocycles. The van der Waals surface area contributed by atoms with E-state index in [0.717, 1.165) is 68.6 Å². The van der Waals surface area contributed by atoms with Crippen LogP contribution in [-0.2, 0) is 10.9 Å². The van der Waals surface area contributed by atoms with Crippen molar-refractivity contribution in [3.8, 4) is 5.75 Å². The number of ether oxygens (including phenoxy) is 2. The first-order chi connectivity index (χ1) is 22.2. The van der Waals surface area contributed by atoms with Crippen LogP contribution in [0.5, 0.6) is 5.75 Å². The molecule has 2 aromatic carbocycles. The third kappa shape index (κ3) is 7.72. The highest BCUT2D eigenvalue weighted by molar-refractivity contribution is 6.12. The SMILES string of the molecule is Cc1ccc(Nc2cc(OC3CCNCC3)cc(C(F)(F)F)c2)cc1NC(=O)c1cnc2[nH]ccc2c1NCCN1CCOCC1. The second kappa shape index (κ2) is 14.0. The quantitative estimate of drug-likeness (QED) is 0.149. The van der Waals surface area contributed by atoms with Crippen LogP contribution in [-0.4, -0.2) is 79.4 Å². The van der Waals surface area contributed by atoms with Gasteiger partial charge in [-0.1, -0.05) is 6.07 Å². The predicted molar refractivity (Wildman–Crippen MR) is 172 cm³/mol. The van der Waals surface area contributed by atoms with E-state index >= 15 is 0 Å². The minimum atomic E-state index is -4.54. The maximum absolute atomic E-state index is 13.8. The van der Waals surface area contributed by atoms with Crippen LogP contribution in [0, 0.1) is 6.92 Å². The number of carbonyl (C=O) groups is 1. The molecular formula is C33H38F3N7O3. The summed E-state index contributed by atoms with van der Waals surface area (Å²) in [5.41, 5.74) is 2.96. The van der Waals surface area contributed by atoms with Gasteiger partial charge in [-0.15, -0.1) is 0 Å². The second-order valence-corrected chi connectivity index (χ2v) is 11.6. The molecule has 5 N–H and O–H groups in total. The Morgan fingerprint density at radius 1 is 1.09 bits per heavy atom. The molecular weight excluding hydrogens is 599 g/mol. The van der Waals surface area contributed by atoms with Gasteiger partial charge in [0.05, 0.1) is 30.0 Å². The van der Waals surface area contributed by atoms with E-state index in [1.54, 1.807) is 30.5 Å². The van der Waals surface area contributed by atoms with E-state index in [9.17, 15) is 18.0 Å². The summed E-state index contributed by atoms with van der Waals surface area (Å²) < 4.78 is 52.8. The fourth-order valence-electron chi connectivity index (χ4n) is 5.73. The first-order valence-electron chi connectivity index (χ1n) is 15.5. The number of halogens is 3. The number of aryl methyl sites for hydroxylation is 1. The predicted octanol–water partition coefficient (Wildman–Crippen LogP) is 5.76. The van der Waals surface area contributed by atoms with E-state index in [1.165, 1.54) is 6.20 Å². The number of aromatic nitrogens is 2. The van der Waals surface area contributed by atoms with E-state index in [4.69, 9.17) is 9.47 Å². The third-order valence-electron chi connectivity index (χ3n) is 8.26. The molecule has 2 aliphatic heterocycles. The number of amides is 1. The molecule has 0 atom stereocenters. The molecule has 0 bridgehead atoms. The summed E-state index contributed by atoms with van der Waals surface area (Å²) in [6, 6.07) is 10.8. The van der Waals surface area contributed by atoms with E-state index < -0.39 is 11.7 Å². The van der Waals surface area contributed by atoms with E-state index in [0.29, 0.717) is 48.0 Å². The Balaban J connectivity index is 1.20. The normalized spacial score (nSPS) is 16.3. The number of fused-ring (bicyclic) bond motifs is 1. The molecule has 10 nitrogen and oxygen atoms in total. The number of nitrogens with one attached hydrogen (secondary N) is 5. The number of rotatable bonds is 10. The Kier molecular flexibility index (Phi) is 9.61. The number of anilines is 4. The fourth-order valence-corrected chi connectivity index (χ4v) is 5.73. The Labute approximate surface area is 265 Å². The van der Waals surface area contributed by atoms with Crippen LogP contribution >= 0.6 is 0 Å². The van der Waals surface area contributed by atoms with Crippen molar-refractivity contribution in [2.75, 3.05) is 68.4 Å². The number of piperidine rings is 1. The minimum absolute atomic E-state index is 0.155. The fraction of sp³-hybridized carbons (Fsp3) is 0.394. The van der Waals surface area contributed by atoms with Crippen LogP contribution in [0.15, 0.2) is 54.9 Å². The largest absolute Gasteiger partial charge is 0.490 e. The van der Waals surface area contributed by atoms with Crippen LogP contribution in [0.3, 0.4) is 0 Å². The average molecular weight is 638 g/mol. The summed E-state index contributed by atoms with van der Waals surface area (Å²) in [5.74, 6) is -0.201. The standard InChI is InChI=1S/C33H38F3N7O3/c1-21-2-3-23(41-24-16-22(33(34,35)36)17-26(18-24)46-25-4-7-37-8-5-25)19-29(21)42-32(44)28-20-40-31-27(6-9-39-31)30(28)38-10-11-43-12-14-45-15-13-43/h2-3,6,9,16-20,25,37,41H,4-5,7-8,10-15H2,1H3,(H,42,44)(H2,38,39,40). The molecule has 4 heterocycles. The van der Waals surface area contributed by atoms with Crippen molar-refractivity contribution < 1.29 is 27.4 Å². The highest BCUT2D eigenvalue weighted by Crippen LogP contribution is 2.36. The van der Waals surface area contributed by atoms with Gasteiger partial charge in [0.15, 0.2) is 0 Å². The van der Waals surface area contributed by atoms with E-state index in [2.05, 4.69) is 36.1 Å². The van der Waals surface area contributed by atoms with Gasteiger partial charge in [0.2, 0.25) is 0 Å². The molecule has 2 saturated heterocycles. The Hall–Kier alpha value is -4.33. The molecule has 6 rings (SSSR count). The zero-order chi connectivity index (χ0) is 32.1. The summed E-state index contributed by atoms with van der Waals surface area (Å²) in [6.45, 7) is 7.93. The maximum atomic E-state index is 13.8. The minimum Gasteiger partial charge on any atom is -0.490 e. The molecule has 2 fully saturated rings. The second-order valence-electron chi connectivity index (χ2n) is 11.6. The van der Waals surface area contributed by atoms with Crippen molar-refractivity contribution in [1.82, 2.24) is 20.2 Å². The number of benzene rings is 2. The molecule has 46 heavy (non-hydrogen) atoms. The van der Waals surface area contributed by atoms with Crippen molar-refractivity contribution in [1.29, 1.82) is 0 Å². The number of carbonyl (C=O) groups excluding carboxylic acids is 1. The Morgan fingerprint density at radius 2 is 1.89 bits per heavy atom. The Morgan fingerprint density at radius 3 is 2.67 bits per heavy atom. The lowest BCUT2D eigenvalue weighted by Crippen LogP contribution is -2.39. The first kappa shape index (κ1) is 31.6. The number of morpholine rings is 1. The molecule has 4 aromatic rings. The molecule has 0 unspecified atom stereocenters. The number of nitrogens with zero attached hydrogens (tertiary/aromatic N) is 2. The van der Waals surface area contributed by atoms with Crippen LogP contribution in [0.1, 0.15) is 34.3 Å². The lowest BCUT2D eigenvalue weighted by molar-refractivity contribution is -0.137. The molecule has 2 aliphatic rings. The summed E-state index contributed by atoms with van der Waals surface area (Å²) >= 11 is 0. The van der Waals surface area contributed by atoms with Gasteiger partial charge in [-0.05, 0) is 68.8 Å². The summed E-state index contributed by atoms with van der Waals surface area (Å²) in [7, 11) is 0. The summed E-state index contributed by atoms with van der Waals surface area (Å²) in [6.07, 6.45) is 0.0590. The molecule has 0 aliphatic carbocycles. The van der Waals surface area contributed by atoms with E-state index in [-0.39, 0.29) is 23.4 Å². The van der Waals surface area contributed by atoms with Gasteiger partial charge >= 0.3 is 6.18 Å². The highest BCUT2D eigenvalue weighted by Gasteiger charge is 2.32. The number of alkyl halides is 3. The van der Waals surface area contributed by atoms with Crippen LogP contribution in [0.25, 0.3) is 11.0 Å². The number of aromatic amines is 1. The van der Waals surface area contributed by atoms with Crippen LogP contribution in [0.2, 0.25) is 0 Å². The first-order valence-corrected chi connectivity index (χ1v) is 15.5. The number of hydrogen-bond donors (Lipinski definition) is 5. The zero-order valence-electron chi connectivity index (χ0n) is 25.6. The Bertz CT molecular complexity index is 1660. The lowest BCUT2D eigenvalue weighted by atomic mass is 10.1. The summed E-state index contributed by atoms with van der Waals surface area (Å²) in [4.78, 5) is 23.5. The topological polar surface area (TPSA) is 116 Å². The molecule has 0 spiro atoms. The van der Waals surface area contributed by atoms with Crippen molar-refractivity contribution in [3.63, 3.8) is 0 Å². The van der Waals surface area contributed by atoms with Gasteiger partial charge in [0.1, 0.15) is 17.5 Å². The molecule has 13 heteroatoms. The molecule has 1 amide bonds. The highest BCUT2D eigenvalue weighted by atomic mass is 19.4. The third-order valence-corrected chi connectivity index (χ3v) is 8.26. The van der Waals surface area contributed by atoms with Crippen molar-refractivity contribution in [2.45, 2.75) is 32.0 Å². The molecule has 0 saturated carbocycles. The number of H-pyrrole nitrogens is 1. The van der Waals surface area contributed by atoms with E-state index in [1.807, 2.05) is 13.0 Å². The van der Waals surface area contributed by atoms with Gasteiger partial charge < -0.3 is 35.7 Å². The van der Waals surface area contributed by atoms with Crippen molar-refractivity contribution >= 4 is 39.7 Å². The smallest absolute Gasteiger partial charge is 0.416 e. The van der Waals surface area contributed by atoms with Crippen molar-refractivity contribution in [3.05, 3.63) is 71.5 Å². The van der Waals surface area contributed by atoms with Gasteiger partial charge in [0.25, 0.3) is 5.91 Å². The summed E-state index contributed by atoms with van der Waals surface area (Å²) in [5, 5.41) is 13.5. The monoisotopic (exact) mass is 637 g/mol. The number of hydrogen-bond acceptors (Lipinski definition) is 8.